The van der Waals surface area contributed by atoms with Gasteiger partial charge in [0.1, 0.15) is 5.82 Å². The molecule has 2 unspecified atom stereocenters. The van der Waals surface area contributed by atoms with Gasteiger partial charge in [-0.15, -0.1) is 5.10 Å². The highest BCUT2D eigenvalue weighted by atomic mass is 16.2. The molecule has 5 nitrogen and oxygen atoms in total. The highest BCUT2D eigenvalue weighted by Gasteiger charge is 2.26. The Morgan fingerprint density at radius 3 is 2.56 bits per heavy atom. The summed E-state index contributed by atoms with van der Waals surface area (Å²) in [5, 5.41) is 9.76. The number of nitrogens with one attached hydrogen (secondary N) is 2. The standard InChI is InChI=1S/C13H22N4O/c1-4-11-15-12(17-16-11)13(18)14-10-6-8(2)5-9(3)7-10/h8-10H,4-7H2,1-3H3,(H,14,18)(H,15,16,17). The minimum Gasteiger partial charge on any atom is -0.347 e. The lowest BCUT2D eigenvalue weighted by atomic mass is 9.80. The van der Waals surface area contributed by atoms with Crippen molar-refractivity contribution in [3.8, 4) is 0 Å². The zero-order valence-electron chi connectivity index (χ0n) is 11.4. The van der Waals surface area contributed by atoms with E-state index in [1.54, 1.807) is 0 Å². The maximum Gasteiger partial charge on any atom is 0.291 e. The second-order valence-electron chi connectivity index (χ2n) is 5.55. The van der Waals surface area contributed by atoms with E-state index in [0.29, 0.717) is 11.8 Å². The molecule has 0 spiro atoms. The molecule has 1 aromatic rings. The van der Waals surface area contributed by atoms with E-state index in [0.717, 1.165) is 25.1 Å². The highest BCUT2D eigenvalue weighted by molar-refractivity contribution is 5.90. The van der Waals surface area contributed by atoms with E-state index in [-0.39, 0.29) is 17.8 Å². The van der Waals surface area contributed by atoms with Crippen molar-refractivity contribution in [1.82, 2.24) is 20.5 Å². The van der Waals surface area contributed by atoms with Crippen LogP contribution in [0.15, 0.2) is 0 Å². The van der Waals surface area contributed by atoms with Gasteiger partial charge < -0.3 is 5.32 Å². The molecule has 1 amide bonds. The van der Waals surface area contributed by atoms with Gasteiger partial charge in [-0.2, -0.15) is 0 Å². The first-order valence-electron chi connectivity index (χ1n) is 6.80. The molecule has 0 radical (unpaired) electrons. The fourth-order valence-electron chi connectivity index (χ4n) is 2.87. The lowest BCUT2D eigenvalue weighted by molar-refractivity contribution is 0.0901. The summed E-state index contributed by atoms with van der Waals surface area (Å²) in [4.78, 5) is 16.2. The third-order valence-electron chi connectivity index (χ3n) is 3.58. The number of carbonyl (C=O) groups excluding carboxylic acids is 1. The van der Waals surface area contributed by atoms with E-state index in [4.69, 9.17) is 0 Å². The van der Waals surface area contributed by atoms with Crippen LogP contribution in [-0.2, 0) is 6.42 Å². The molecule has 1 aliphatic rings. The van der Waals surface area contributed by atoms with Crippen LogP contribution >= 0.6 is 0 Å². The Kier molecular flexibility index (Phi) is 3.99. The lowest BCUT2D eigenvalue weighted by Crippen LogP contribution is -2.40. The number of aromatic amines is 1. The molecule has 0 aliphatic heterocycles. The van der Waals surface area contributed by atoms with Crippen molar-refractivity contribution in [3.05, 3.63) is 11.6 Å². The van der Waals surface area contributed by atoms with E-state index >= 15 is 0 Å². The van der Waals surface area contributed by atoms with Gasteiger partial charge in [-0.05, 0) is 31.1 Å². The molecule has 1 heterocycles. The van der Waals surface area contributed by atoms with Crippen LogP contribution in [-0.4, -0.2) is 27.1 Å². The fourth-order valence-corrected chi connectivity index (χ4v) is 2.87. The molecular formula is C13H22N4O. The molecule has 2 N–H and O–H groups in total. The van der Waals surface area contributed by atoms with Crippen LogP contribution < -0.4 is 5.32 Å². The number of H-pyrrole nitrogens is 1. The number of rotatable bonds is 3. The fraction of sp³-hybridized carbons (Fsp3) is 0.769. The number of amides is 1. The molecule has 1 saturated carbocycles. The van der Waals surface area contributed by atoms with Crippen molar-refractivity contribution in [3.63, 3.8) is 0 Å². The van der Waals surface area contributed by atoms with E-state index in [9.17, 15) is 4.79 Å². The minimum atomic E-state index is -0.155. The van der Waals surface area contributed by atoms with Crippen LogP contribution in [0.1, 0.15) is 56.5 Å². The number of aromatic nitrogens is 3. The van der Waals surface area contributed by atoms with Gasteiger partial charge in [0, 0.05) is 12.5 Å². The van der Waals surface area contributed by atoms with Crippen LogP contribution in [0.5, 0.6) is 0 Å². The molecule has 100 valence electrons. The Morgan fingerprint density at radius 1 is 1.33 bits per heavy atom. The Balaban J connectivity index is 1.94. The Hall–Kier alpha value is -1.39. The van der Waals surface area contributed by atoms with E-state index in [1.807, 2.05) is 6.92 Å². The zero-order chi connectivity index (χ0) is 13.1. The number of aryl methyl sites for hydroxylation is 1. The van der Waals surface area contributed by atoms with Crippen LogP contribution in [0, 0.1) is 11.8 Å². The van der Waals surface area contributed by atoms with Gasteiger partial charge in [-0.1, -0.05) is 20.8 Å². The van der Waals surface area contributed by atoms with Crippen molar-refractivity contribution in [2.75, 3.05) is 0 Å². The predicted molar refractivity (Wildman–Crippen MR) is 69.2 cm³/mol. The Morgan fingerprint density at radius 2 is 2.00 bits per heavy atom. The summed E-state index contributed by atoms with van der Waals surface area (Å²) in [6.45, 7) is 6.47. The molecule has 18 heavy (non-hydrogen) atoms. The highest BCUT2D eigenvalue weighted by Crippen LogP contribution is 2.28. The molecule has 2 atom stereocenters. The maximum atomic E-state index is 12.0. The zero-order valence-corrected chi connectivity index (χ0v) is 11.4. The topological polar surface area (TPSA) is 70.7 Å². The predicted octanol–water partition coefficient (Wildman–Crippen LogP) is 1.92. The molecule has 1 fully saturated rings. The Bertz CT molecular complexity index is 405. The van der Waals surface area contributed by atoms with E-state index in [2.05, 4.69) is 34.3 Å². The molecule has 5 heteroatoms. The van der Waals surface area contributed by atoms with Crippen molar-refractivity contribution < 1.29 is 4.79 Å². The van der Waals surface area contributed by atoms with E-state index in [1.165, 1.54) is 6.42 Å². The molecule has 1 aromatic heterocycles. The van der Waals surface area contributed by atoms with Gasteiger partial charge in [0.2, 0.25) is 5.82 Å². The van der Waals surface area contributed by atoms with Crippen molar-refractivity contribution in [2.24, 2.45) is 11.8 Å². The lowest BCUT2D eigenvalue weighted by Gasteiger charge is -2.31. The summed E-state index contributed by atoms with van der Waals surface area (Å²) >= 11 is 0. The molecule has 2 rings (SSSR count). The molecular weight excluding hydrogens is 228 g/mol. The molecule has 0 bridgehead atoms. The summed E-state index contributed by atoms with van der Waals surface area (Å²) in [7, 11) is 0. The summed E-state index contributed by atoms with van der Waals surface area (Å²) in [6.07, 6.45) is 4.13. The van der Waals surface area contributed by atoms with Crippen molar-refractivity contribution >= 4 is 5.91 Å². The van der Waals surface area contributed by atoms with Gasteiger partial charge in [0.15, 0.2) is 0 Å². The van der Waals surface area contributed by atoms with Gasteiger partial charge in [-0.25, -0.2) is 4.98 Å². The monoisotopic (exact) mass is 250 g/mol. The number of hydrogen-bond donors (Lipinski definition) is 2. The normalized spacial score (nSPS) is 28.1. The van der Waals surface area contributed by atoms with Crippen LogP contribution in [0.2, 0.25) is 0 Å². The van der Waals surface area contributed by atoms with Crippen molar-refractivity contribution in [1.29, 1.82) is 0 Å². The largest absolute Gasteiger partial charge is 0.347 e. The summed E-state index contributed by atoms with van der Waals surface area (Å²) in [5.74, 6) is 2.22. The number of nitrogens with zero attached hydrogens (tertiary/aromatic N) is 2. The van der Waals surface area contributed by atoms with Crippen LogP contribution in [0.4, 0.5) is 0 Å². The summed E-state index contributed by atoms with van der Waals surface area (Å²) in [5.41, 5.74) is 0. The van der Waals surface area contributed by atoms with Crippen LogP contribution in [0.3, 0.4) is 0 Å². The van der Waals surface area contributed by atoms with Gasteiger partial charge >= 0.3 is 0 Å². The maximum absolute atomic E-state index is 12.0. The first-order chi connectivity index (χ1) is 8.58. The number of carbonyl (C=O) groups is 1. The van der Waals surface area contributed by atoms with E-state index < -0.39 is 0 Å². The summed E-state index contributed by atoms with van der Waals surface area (Å²) in [6, 6.07) is 0.264. The summed E-state index contributed by atoms with van der Waals surface area (Å²) < 4.78 is 0. The first kappa shape index (κ1) is 13.1. The second kappa shape index (κ2) is 5.50. The second-order valence-corrected chi connectivity index (χ2v) is 5.55. The van der Waals surface area contributed by atoms with Gasteiger partial charge in [0.25, 0.3) is 5.91 Å². The number of hydrogen-bond acceptors (Lipinski definition) is 3. The third-order valence-corrected chi connectivity index (χ3v) is 3.58. The van der Waals surface area contributed by atoms with Gasteiger partial charge in [0.05, 0.1) is 0 Å². The molecule has 0 aromatic carbocycles. The third kappa shape index (κ3) is 3.09. The minimum absolute atomic E-state index is 0.155. The molecule has 0 saturated heterocycles. The van der Waals surface area contributed by atoms with Crippen LogP contribution in [0.25, 0.3) is 0 Å². The first-order valence-corrected chi connectivity index (χ1v) is 6.80. The SMILES string of the molecule is CCc1nc(C(=O)NC2CC(C)CC(C)C2)n[nH]1. The quantitative estimate of drug-likeness (QED) is 0.861. The average molecular weight is 250 g/mol. The Labute approximate surface area is 108 Å². The average Bonchev–Trinajstić information content (AvgIpc) is 2.75. The smallest absolute Gasteiger partial charge is 0.291 e. The van der Waals surface area contributed by atoms with Crippen molar-refractivity contribution in [2.45, 2.75) is 52.5 Å². The molecule has 1 aliphatic carbocycles. The van der Waals surface area contributed by atoms with Gasteiger partial charge in [-0.3, -0.25) is 9.89 Å².